The molecule has 3 rings (SSSR count). The number of aliphatic carboxylic acids is 1. The first-order valence-corrected chi connectivity index (χ1v) is 8.12. The van der Waals surface area contributed by atoms with Crippen molar-refractivity contribution in [2.45, 2.75) is 38.7 Å². The third kappa shape index (κ3) is 3.69. The molecule has 6 nitrogen and oxygen atoms in total. The van der Waals surface area contributed by atoms with E-state index in [1.807, 2.05) is 42.5 Å². The second kappa shape index (κ2) is 6.29. The highest BCUT2D eigenvalue weighted by Crippen LogP contribution is 2.26. The van der Waals surface area contributed by atoms with Crippen LogP contribution in [-0.4, -0.2) is 37.3 Å². The van der Waals surface area contributed by atoms with Crippen molar-refractivity contribution >= 4 is 17.0 Å². The molecule has 0 radical (unpaired) electrons. The lowest BCUT2D eigenvalue weighted by Crippen LogP contribution is -2.22. The zero-order chi connectivity index (χ0) is 18.2. The number of aliphatic hydroxyl groups excluding tert-OH is 1. The Labute approximate surface area is 145 Å². The lowest BCUT2D eigenvalue weighted by atomic mass is 9.85. The van der Waals surface area contributed by atoms with E-state index in [9.17, 15) is 9.90 Å². The Morgan fingerprint density at radius 3 is 2.24 bits per heavy atom. The third-order valence-corrected chi connectivity index (χ3v) is 4.08. The normalized spacial score (nSPS) is 13.1. The number of carboxylic acid groups (broad SMARTS) is 1. The molecule has 130 valence electrons. The Balaban J connectivity index is 2.09. The van der Waals surface area contributed by atoms with Crippen molar-refractivity contribution in [3.05, 3.63) is 53.6 Å². The van der Waals surface area contributed by atoms with E-state index < -0.39 is 12.1 Å². The predicted octanol–water partition coefficient (Wildman–Crippen LogP) is 2.71. The summed E-state index contributed by atoms with van der Waals surface area (Å²) in [7, 11) is 0. The van der Waals surface area contributed by atoms with Crippen molar-refractivity contribution < 1.29 is 15.0 Å². The van der Waals surface area contributed by atoms with E-state index in [1.165, 1.54) is 0 Å². The minimum Gasteiger partial charge on any atom is -0.479 e. The summed E-state index contributed by atoms with van der Waals surface area (Å²) in [6, 6.07) is 13.3. The second-order valence-electron chi connectivity index (χ2n) is 7.17. The molecule has 6 heteroatoms. The van der Waals surface area contributed by atoms with Gasteiger partial charge in [0.05, 0.1) is 5.69 Å². The molecular formula is C19H21N3O3. The molecule has 0 fully saturated rings. The van der Waals surface area contributed by atoms with E-state index in [0.717, 1.165) is 27.8 Å². The monoisotopic (exact) mass is 339 g/mol. The number of carboxylic acids is 1. The van der Waals surface area contributed by atoms with Crippen LogP contribution in [0.25, 0.3) is 16.7 Å². The minimum atomic E-state index is -1.44. The van der Waals surface area contributed by atoms with Gasteiger partial charge in [0.25, 0.3) is 0 Å². The fourth-order valence-corrected chi connectivity index (χ4v) is 2.63. The number of carbonyl (C=O) groups is 1. The lowest BCUT2D eigenvalue weighted by Gasteiger charge is -2.21. The summed E-state index contributed by atoms with van der Waals surface area (Å²) in [5.74, 6) is -1.23. The molecule has 0 aliphatic heterocycles. The van der Waals surface area contributed by atoms with Crippen molar-refractivity contribution in [1.29, 1.82) is 0 Å². The van der Waals surface area contributed by atoms with E-state index in [-0.39, 0.29) is 11.8 Å². The second-order valence-corrected chi connectivity index (χ2v) is 7.17. The Bertz CT molecular complexity index is 892. The van der Waals surface area contributed by atoms with E-state index in [4.69, 9.17) is 5.11 Å². The van der Waals surface area contributed by atoms with Crippen LogP contribution in [-0.2, 0) is 16.6 Å². The highest BCUT2D eigenvalue weighted by Gasteiger charge is 2.20. The van der Waals surface area contributed by atoms with E-state index in [2.05, 4.69) is 31.0 Å². The molecule has 3 aromatic rings. The largest absolute Gasteiger partial charge is 0.479 e. The maximum Gasteiger partial charge on any atom is 0.332 e. The first-order valence-electron chi connectivity index (χ1n) is 8.12. The highest BCUT2D eigenvalue weighted by molar-refractivity contribution is 5.74. The van der Waals surface area contributed by atoms with Crippen LogP contribution in [0.1, 0.15) is 31.9 Å². The molecule has 1 unspecified atom stereocenters. The molecule has 2 N–H and O–H groups in total. The zero-order valence-corrected chi connectivity index (χ0v) is 14.5. The maximum atomic E-state index is 11.0. The number of rotatable bonds is 4. The molecule has 0 saturated heterocycles. The van der Waals surface area contributed by atoms with E-state index in [1.54, 1.807) is 4.80 Å². The van der Waals surface area contributed by atoms with E-state index >= 15 is 0 Å². The van der Waals surface area contributed by atoms with Gasteiger partial charge < -0.3 is 10.2 Å². The molecular weight excluding hydrogens is 318 g/mol. The number of aliphatic hydroxyl groups is 1. The van der Waals surface area contributed by atoms with Gasteiger partial charge in [0.15, 0.2) is 6.10 Å². The molecule has 0 aliphatic rings. The van der Waals surface area contributed by atoms with Gasteiger partial charge in [-0.25, -0.2) is 4.79 Å². The fraction of sp³-hybridized carbons (Fsp3) is 0.316. The van der Waals surface area contributed by atoms with Gasteiger partial charge in [0.2, 0.25) is 0 Å². The van der Waals surface area contributed by atoms with Gasteiger partial charge in [-0.2, -0.15) is 4.80 Å². The van der Waals surface area contributed by atoms with Crippen LogP contribution in [0.3, 0.4) is 0 Å². The van der Waals surface area contributed by atoms with Crippen LogP contribution in [0, 0.1) is 0 Å². The fourth-order valence-electron chi connectivity index (χ4n) is 2.63. The van der Waals surface area contributed by atoms with Crippen LogP contribution in [0.4, 0.5) is 0 Å². The number of hydrogen-bond acceptors (Lipinski definition) is 4. The summed E-state index contributed by atoms with van der Waals surface area (Å²) >= 11 is 0. The summed E-state index contributed by atoms with van der Waals surface area (Å²) in [6.45, 7) is 6.24. The molecule has 1 aromatic heterocycles. The topological polar surface area (TPSA) is 88.2 Å². The standard InChI is InChI=1S/C19H21N3O3/c1-19(2,3)13-8-12(10-17(23)18(24)25)9-14(11-13)22-20-15-6-4-5-7-16(15)21-22/h4-9,11,17,23H,10H2,1-3H3,(H,24,25). The number of fused-ring (bicyclic) bond motifs is 1. The molecule has 2 aromatic carbocycles. The Morgan fingerprint density at radius 1 is 1.12 bits per heavy atom. The molecule has 0 bridgehead atoms. The molecule has 0 aliphatic carbocycles. The van der Waals surface area contributed by atoms with Crippen LogP contribution in [0.5, 0.6) is 0 Å². The maximum absolute atomic E-state index is 11.0. The number of aromatic nitrogens is 3. The summed E-state index contributed by atoms with van der Waals surface area (Å²) in [5, 5.41) is 27.7. The number of nitrogens with zero attached hydrogens (tertiary/aromatic N) is 3. The molecule has 0 spiro atoms. The third-order valence-electron chi connectivity index (χ3n) is 4.08. The van der Waals surface area contributed by atoms with Crippen molar-refractivity contribution in [3.63, 3.8) is 0 Å². The Hall–Kier alpha value is -2.73. The molecule has 0 saturated carbocycles. The first kappa shape index (κ1) is 17.1. The van der Waals surface area contributed by atoms with E-state index in [0.29, 0.717) is 0 Å². The van der Waals surface area contributed by atoms with Gasteiger partial charge >= 0.3 is 5.97 Å². The smallest absolute Gasteiger partial charge is 0.332 e. The van der Waals surface area contributed by atoms with Crippen molar-refractivity contribution in [3.8, 4) is 5.69 Å². The van der Waals surface area contributed by atoms with Gasteiger partial charge in [0, 0.05) is 6.42 Å². The Morgan fingerprint density at radius 2 is 1.72 bits per heavy atom. The zero-order valence-electron chi connectivity index (χ0n) is 14.5. The molecule has 1 atom stereocenters. The lowest BCUT2D eigenvalue weighted by molar-refractivity contribution is -0.146. The Kier molecular flexibility index (Phi) is 4.30. The summed E-state index contributed by atoms with van der Waals surface area (Å²) in [5.41, 5.74) is 3.95. The number of benzene rings is 2. The summed E-state index contributed by atoms with van der Waals surface area (Å²) < 4.78 is 0. The van der Waals surface area contributed by atoms with Crippen molar-refractivity contribution in [1.82, 2.24) is 15.0 Å². The van der Waals surface area contributed by atoms with Crippen molar-refractivity contribution in [2.75, 3.05) is 0 Å². The summed E-state index contributed by atoms with van der Waals surface area (Å²) in [6.07, 6.45) is -1.40. The SMILES string of the molecule is CC(C)(C)c1cc(CC(O)C(=O)O)cc(-n2nc3ccccc3n2)c1. The van der Waals surface area contributed by atoms with Gasteiger partial charge in [-0.15, -0.1) is 10.2 Å². The van der Waals surface area contributed by atoms with Gasteiger partial charge in [-0.3, -0.25) is 0 Å². The summed E-state index contributed by atoms with van der Waals surface area (Å²) in [4.78, 5) is 12.5. The van der Waals surface area contributed by atoms with Crippen LogP contribution < -0.4 is 0 Å². The molecule has 0 amide bonds. The first-order chi connectivity index (χ1) is 11.7. The quantitative estimate of drug-likeness (QED) is 0.763. The number of hydrogen-bond donors (Lipinski definition) is 2. The highest BCUT2D eigenvalue weighted by atomic mass is 16.4. The molecule has 1 heterocycles. The van der Waals surface area contributed by atoms with Crippen LogP contribution in [0.2, 0.25) is 0 Å². The van der Waals surface area contributed by atoms with Gasteiger partial charge in [0.1, 0.15) is 11.0 Å². The van der Waals surface area contributed by atoms with Crippen LogP contribution >= 0.6 is 0 Å². The average molecular weight is 339 g/mol. The molecule has 25 heavy (non-hydrogen) atoms. The predicted molar refractivity (Wildman–Crippen MR) is 94.9 cm³/mol. The minimum absolute atomic E-state index is 0.0348. The van der Waals surface area contributed by atoms with Crippen molar-refractivity contribution in [2.24, 2.45) is 0 Å². The average Bonchev–Trinajstić information content (AvgIpc) is 2.97. The van der Waals surface area contributed by atoms with Crippen LogP contribution in [0.15, 0.2) is 42.5 Å². The van der Waals surface area contributed by atoms with Gasteiger partial charge in [-0.1, -0.05) is 39.0 Å². The van der Waals surface area contributed by atoms with Gasteiger partial charge in [-0.05, 0) is 40.8 Å².